The van der Waals surface area contributed by atoms with Crippen LogP contribution in [0.4, 0.5) is 18.9 Å². The summed E-state index contributed by atoms with van der Waals surface area (Å²) in [5, 5.41) is 10.1. The Bertz CT molecular complexity index is 1320. The number of likely N-dealkylation sites (N-methyl/N-ethyl adjacent to an activating group) is 1. The monoisotopic (exact) mass is 581 g/mol. The molecule has 10 nitrogen and oxygen atoms in total. The first-order valence-electron chi connectivity index (χ1n) is 12.2. The maximum atomic E-state index is 13.3. The number of ketones is 1. The Morgan fingerprint density at radius 2 is 1.88 bits per heavy atom. The number of carbonyl (C=O) groups excluding carboxylic acids is 5. The van der Waals surface area contributed by atoms with Crippen LogP contribution in [0.1, 0.15) is 54.2 Å². The van der Waals surface area contributed by atoms with Gasteiger partial charge in [0, 0.05) is 30.2 Å². The highest BCUT2D eigenvalue weighted by Gasteiger charge is 2.36. The molecule has 2 heterocycles. The summed E-state index contributed by atoms with van der Waals surface area (Å²) in [6.45, 7) is 3.23. The Morgan fingerprint density at radius 1 is 1.18 bits per heavy atom. The number of hydrogen-bond donors (Lipinski definition) is 4. The van der Waals surface area contributed by atoms with Gasteiger partial charge in [-0.2, -0.15) is 13.2 Å². The van der Waals surface area contributed by atoms with Crippen LogP contribution in [-0.2, 0) is 25.4 Å². The van der Waals surface area contributed by atoms with E-state index in [0.29, 0.717) is 6.42 Å². The minimum absolute atomic E-state index is 0.00278. The fourth-order valence-electron chi connectivity index (χ4n) is 4.22. The van der Waals surface area contributed by atoms with E-state index < -0.39 is 53.3 Å². The van der Waals surface area contributed by atoms with Gasteiger partial charge in [-0.15, -0.1) is 0 Å². The predicted octanol–water partition coefficient (Wildman–Crippen LogP) is 2.82. The van der Waals surface area contributed by atoms with Crippen molar-refractivity contribution in [2.45, 2.75) is 50.9 Å². The van der Waals surface area contributed by atoms with E-state index in [0.717, 1.165) is 18.3 Å². The summed E-state index contributed by atoms with van der Waals surface area (Å²) in [5.41, 5.74) is -1.05. The quantitative estimate of drug-likeness (QED) is 0.335. The van der Waals surface area contributed by atoms with Crippen molar-refractivity contribution in [2.24, 2.45) is 5.92 Å². The second kappa shape index (κ2) is 12.5. The van der Waals surface area contributed by atoms with E-state index in [-0.39, 0.29) is 40.2 Å². The number of Topliss-reactive ketones (excluding diaryl/α,β-unsaturated/α-hetero) is 1. The Morgan fingerprint density at radius 3 is 2.42 bits per heavy atom. The largest absolute Gasteiger partial charge is 0.433 e. The van der Waals surface area contributed by atoms with Gasteiger partial charge in [0.05, 0.1) is 23.2 Å². The van der Waals surface area contributed by atoms with Crippen LogP contribution in [0, 0.1) is 5.92 Å². The summed E-state index contributed by atoms with van der Waals surface area (Å²) in [7, 11) is 1.25. The number of anilines is 1. The van der Waals surface area contributed by atoms with Gasteiger partial charge in [0.15, 0.2) is 0 Å². The van der Waals surface area contributed by atoms with Crippen LogP contribution in [-0.4, -0.2) is 53.5 Å². The maximum absolute atomic E-state index is 13.3. The lowest BCUT2D eigenvalue weighted by molar-refractivity contribution is -0.141. The van der Waals surface area contributed by atoms with Crippen LogP contribution in [0.3, 0.4) is 0 Å². The number of carbonyl (C=O) groups is 5. The molecule has 4 atom stereocenters. The molecule has 0 saturated carbocycles. The van der Waals surface area contributed by atoms with Crippen molar-refractivity contribution in [3.05, 3.63) is 58.4 Å². The van der Waals surface area contributed by atoms with Crippen molar-refractivity contribution in [3.63, 3.8) is 0 Å². The van der Waals surface area contributed by atoms with Gasteiger partial charge in [0.2, 0.25) is 17.6 Å². The second-order valence-corrected chi connectivity index (χ2v) is 9.86. The maximum Gasteiger partial charge on any atom is 0.433 e. The third-order valence-electron chi connectivity index (χ3n) is 6.44. The average Bonchev–Trinajstić information content (AvgIpc) is 3.23. The lowest BCUT2D eigenvalue weighted by Gasteiger charge is -2.21. The Balaban J connectivity index is 1.82. The first-order chi connectivity index (χ1) is 18.7. The number of amides is 4. The molecule has 1 aromatic carbocycles. The molecule has 1 saturated heterocycles. The van der Waals surface area contributed by atoms with Gasteiger partial charge in [0.1, 0.15) is 5.69 Å². The van der Waals surface area contributed by atoms with Gasteiger partial charge in [0.25, 0.3) is 11.8 Å². The highest BCUT2D eigenvalue weighted by atomic mass is 35.5. The van der Waals surface area contributed by atoms with E-state index >= 15 is 0 Å². The van der Waals surface area contributed by atoms with Crippen LogP contribution < -0.4 is 21.3 Å². The van der Waals surface area contributed by atoms with Crippen molar-refractivity contribution in [1.82, 2.24) is 20.9 Å². The summed E-state index contributed by atoms with van der Waals surface area (Å²) >= 11 is 6.08. The Labute approximate surface area is 232 Å². The molecular formula is C26H27ClF3N5O5. The minimum Gasteiger partial charge on any atom is -0.353 e. The molecule has 1 aliphatic rings. The van der Waals surface area contributed by atoms with Crippen LogP contribution in [0.5, 0.6) is 0 Å². The van der Waals surface area contributed by atoms with Gasteiger partial charge >= 0.3 is 6.18 Å². The molecule has 1 aliphatic heterocycles. The normalized spacial score (nSPS) is 18.3. The van der Waals surface area contributed by atoms with Gasteiger partial charge < -0.3 is 21.3 Å². The summed E-state index contributed by atoms with van der Waals surface area (Å²) in [6, 6.07) is 4.38. The third-order valence-corrected chi connectivity index (χ3v) is 6.68. The molecule has 0 bridgehead atoms. The summed E-state index contributed by atoms with van der Waals surface area (Å²) in [5.74, 6) is -5.31. The van der Waals surface area contributed by atoms with Crippen LogP contribution in [0.2, 0.25) is 5.02 Å². The fraction of sp³-hybridized carbons (Fsp3) is 0.385. The molecule has 1 fully saturated rings. The van der Waals surface area contributed by atoms with E-state index in [9.17, 15) is 37.1 Å². The van der Waals surface area contributed by atoms with E-state index in [2.05, 4.69) is 26.3 Å². The number of nitrogens with zero attached hydrogens (tertiary/aromatic N) is 1. The lowest BCUT2D eigenvalue weighted by atomic mass is 9.93. The molecule has 0 spiro atoms. The van der Waals surface area contributed by atoms with Gasteiger partial charge in [-0.25, -0.2) is 0 Å². The molecule has 4 N–H and O–H groups in total. The zero-order valence-corrected chi connectivity index (χ0v) is 22.4. The number of hydrogen-bond acceptors (Lipinski definition) is 6. The van der Waals surface area contributed by atoms with E-state index in [1.54, 1.807) is 6.92 Å². The number of pyridine rings is 1. The number of rotatable bonds is 9. The summed E-state index contributed by atoms with van der Waals surface area (Å²) < 4.78 is 38.5. The van der Waals surface area contributed by atoms with Crippen LogP contribution in [0.25, 0.3) is 0 Å². The molecule has 40 heavy (non-hydrogen) atoms. The average molecular weight is 582 g/mol. The van der Waals surface area contributed by atoms with Crippen molar-refractivity contribution in [3.8, 4) is 0 Å². The summed E-state index contributed by atoms with van der Waals surface area (Å²) in [4.78, 5) is 66.7. The fourth-order valence-corrected chi connectivity index (χ4v) is 4.40. The first kappa shape index (κ1) is 30.5. The number of aromatic nitrogens is 1. The van der Waals surface area contributed by atoms with Gasteiger partial charge in [-0.05, 0) is 56.5 Å². The van der Waals surface area contributed by atoms with Crippen molar-refractivity contribution in [2.75, 3.05) is 12.4 Å². The smallest absolute Gasteiger partial charge is 0.353 e. The summed E-state index contributed by atoms with van der Waals surface area (Å²) in [6.07, 6.45) is -3.42. The second-order valence-electron chi connectivity index (χ2n) is 9.42. The molecule has 1 unspecified atom stereocenters. The van der Waals surface area contributed by atoms with Gasteiger partial charge in [-0.3, -0.25) is 29.0 Å². The van der Waals surface area contributed by atoms with Crippen molar-refractivity contribution < 1.29 is 37.1 Å². The molecule has 4 amide bonds. The highest BCUT2D eigenvalue weighted by molar-refractivity contribution is 6.38. The Kier molecular flexibility index (Phi) is 9.51. The Hall–Kier alpha value is -4.00. The lowest BCUT2D eigenvalue weighted by Crippen LogP contribution is -2.48. The molecule has 214 valence electrons. The SMILES string of the molecule is CNC(=O)C(=O)[C@H](C[C@@H]1C[C@@H](C)NC1=O)NC(=O)c1cc(Cl)ccc1NC(=O)C(C)c1ccc(C(F)(F)F)nc1. The topological polar surface area (TPSA) is 146 Å². The van der Waals surface area contributed by atoms with Crippen LogP contribution >= 0.6 is 11.6 Å². The molecule has 2 aromatic rings. The molecule has 1 aromatic heterocycles. The number of halogens is 4. The molecule has 0 aliphatic carbocycles. The third kappa shape index (κ3) is 7.34. The minimum atomic E-state index is -4.63. The highest BCUT2D eigenvalue weighted by Crippen LogP contribution is 2.29. The predicted molar refractivity (Wildman–Crippen MR) is 138 cm³/mol. The first-order valence-corrected chi connectivity index (χ1v) is 12.6. The zero-order valence-electron chi connectivity index (χ0n) is 21.7. The van der Waals surface area contributed by atoms with Gasteiger partial charge in [-0.1, -0.05) is 17.7 Å². The van der Waals surface area contributed by atoms with E-state index in [1.807, 2.05) is 0 Å². The molecule has 0 radical (unpaired) electrons. The molecule has 3 rings (SSSR count). The number of benzene rings is 1. The van der Waals surface area contributed by atoms with Crippen molar-refractivity contribution >= 4 is 46.7 Å². The molecular weight excluding hydrogens is 555 g/mol. The number of nitrogens with one attached hydrogen (secondary N) is 4. The zero-order chi connectivity index (χ0) is 29.8. The number of alkyl halides is 3. The standard InChI is InChI=1S/C26H27ClF3N5O5/c1-12-8-15(23(38)33-12)9-19(21(36)25(40)31-3)35-24(39)17-10-16(27)5-6-18(17)34-22(37)13(2)14-4-7-20(32-11-14)26(28,29)30/h4-7,10-13,15,19H,8-9H2,1-3H3,(H,31,40)(H,33,38)(H,34,37)(H,35,39)/t12-,13?,15+,19+/m1/s1. The van der Waals surface area contributed by atoms with E-state index in [4.69, 9.17) is 11.6 Å². The van der Waals surface area contributed by atoms with E-state index in [1.165, 1.54) is 32.2 Å². The molecule has 14 heteroatoms. The van der Waals surface area contributed by atoms with Crippen molar-refractivity contribution in [1.29, 1.82) is 0 Å². The van der Waals surface area contributed by atoms with Crippen LogP contribution in [0.15, 0.2) is 36.5 Å².